The van der Waals surface area contributed by atoms with Crippen molar-refractivity contribution in [1.29, 1.82) is 0 Å². The lowest BCUT2D eigenvalue weighted by Gasteiger charge is -2.18. The first-order valence-corrected chi connectivity index (χ1v) is 8.32. The highest BCUT2D eigenvalue weighted by Crippen LogP contribution is 2.25. The first-order chi connectivity index (χ1) is 9.11. The van der Waals surface area contributed by atoms with E-state index in [9.17, 15) is 13.6 Å². The highest BCUT2D eigenvalue weighted by molar-refractivity contribution is 8.00. The monoisotopic (exact) mass is 310 g/mol. The Morgan fingerprint density at radius 3 is 2.25 bits per heavy atom. The van der Waals surface area contributed by atoms with Gasteiger partial charge in [0.25, 0.3) is 0 Å². The van der Waals surface area contributed by atoms with Gasteiger partial charge >= 0.3 is 5.97 Å². The molecule has 0 saturated heterocycles. The Morgan fingerprint density at radius 1 is 1.20 bits per heavy atom. The summed E-state index contributed by atoms with van der Waals surface area (Å²) in [5.41, 5.74) is 0. The normalized spacial score (nSPS) is 13.8. The molecule has 1 atom stereocenters. The van der Waals surface area contributed by atoms with Crippen molar-refractivity contribution in [3.63, 3.8) is 0 Å². The number of halogens is 2. The quantitative estimate of drug-likeness (QED) is 0.429. The number of hydrogen-bond acceptors (Lipinski definition) is 3. The molecular formula is C15H28F2O2S. The van der Waals surface area contributed by atoms with Crippen LogP contribution in [0.25, 0.3) is 0 Å². The van der Waals surface area contributed by atoms with Gasteiger partial charge in [-0.1, -0.05) is 27.7 Å². The minimum atomic E-state index is -2.62. The Labute approximate surface area is 126 Å². The van der Waals surface area contributed by atoms with E-state index in [2.05, 4.69) is 0 Å². The number of ether oxygens (including phenoxy) is 1. The van der Waals surface area contributed by atoms with E-state index in [-0.39, 0.29) is 17.6 Å². The molecule has 0 spiro atoms. The van der Waals surface area contributed by atoms with Gasteiger partial charge in [0, 0.05) is 6.42 Å². The van der Waals surface area contributed by atoms with Crippen LogP contribution in [0.4, 0.5) is 8.78 Å². The van der Waals surface area contributed by atoms with Crippen LogP contribution in [-0.4, -0.2) is 29.5 Å². The molecule has 120 valence electrons. The summed E-state index contributed by atoms with van der Waals surface area (Å²) < 4.78 is 30.7. The predicted octanol–water partition coefficient (Wildman–Crippen LogP) is 4.77. The zero-order valence-electron chi connectivity index (χ0n) is 13.2. The van der Waals surface area contributed by atoms with E-state index < -0.39 is 5.92 Å². The highest BCUT2D eigenvalue weighted by atomic mass is 32.2. The van der Waals surface area contributed by atoms with Crippen molar-refractivity contribution in [3.05, 3.63) is 0 Å². The molecule has 0 N–H and O–H groups in total. The van der Waals surface area contributed by atoms with Gasteiger partial charge in [0.15, 0.2) is 0 Å². The van der Waals surface area contributed by atoms with E-state index in [4.69, 9.17) is 4.74 Å². The number of thioether (sulfide) groups is 1. The van der Waals surface area contributed by atoms with Crippen LogP contribution in [0.1, 0.15) is 53.9 Å². The molecule has 0 heterocycles. The lowest BCUT2D eigenvalue weighted by atomic mass is 10.1. The van der Waals surface area contributed by atoms with Gasteiger partial charge in [-0.25, -0.2) is 8.78 Å². The fourth-order valence-corrected chi connectivity index (χ4v) is 2.93. The van der Waals surface area contributed by atoms with E-state index in [0.29, 0.717) is 30.6 Å². The van der Waals surface area contributed by atoms with Gasteiger partial charge in [0.2, 0.25) is 5.92 Å². The van der Waals surface area contributed by atoms with Gasteiger partial charge in [0.1, 0.15) is 5.25 Å². The average molecular weight is 310 g/mol. The van der Waals surface area contributed by atoms with E-state index >= 15 is 0 Å². The summed E-state index contributed by atoms with van der Waals surface area (Å²) in [7, 11) is 0. The zero-order valence-corrected chi connectivity index (χ0v) is 14.1. The van der Waals surface area contributed by atoms with Crippen LogP contribution in [0.5, 0.6) is 0 Å². The summed E-state index contributed by atoms with van der Waals surface area (Å²) >= 11 is 1.44. The first-order valence-electron chi connectivity index (χ1n) is 7.28. The Balaban J connectivity index is 4.17. The topological polar surface area (TPSA) is 26.3 Å². The second-order valence-corrected chi connectivity index (χ2v) is 7.50. The molecule has 0 aromatic rings. The van der Waals surface area contributed by atoms with E-state index in [1.807, 2.05) is 27.7 Å². The maximum Gasteiger partial charge on any atom is 0.319 e. The van der Waals surface area contributed by atoms with Crippen molar-refractivity contribution in [2.24, 2.45) is 11.8 Å². The third-order valence-corrected chi connectivity index (χ3v) is 3.90. The van der Waals surface area contributed by atoms with Gasteiger partial charge in [-0.3, -0.25) is 4.79 Å². The van der Waals surface area contributed by atoms with Gasteiger partial charge in [0.05, 0.1) is 6.61 Å². The SMILES string of the molecule is CC(C)COC(=O)C(CC(C)C)SCCCC(C)(F)F. The minimum absolute atomic E-state index is 0.130. The van der Waals surface area contributed by atoms with Crippen molar-refractivity contribution in [3.8, 4) is 0 Å². The standard InChI is InChI=1S/C15H28F2O2S/c1-11(2)9-13(14(18)19-10-12(3)4)20-8-6-7-15(5,16)17/h11-13H,6-10H2,1-5H3. The molecule has 0 amide bonds. The van der Waals surface area contributed by atoms with Crippen LogP contribution < -0.4 is 0 Å². The lowest BCUT2D eigenvalue weighted by molar-refractivity contribution is -0.144. The summed E-state index contributed by atoms with van der Waals surface area (Å²) in [5, 5.41) is -0.237. The predicted molar refractivity (Wildman–Crippen MR) is 81.4 cm³/mol. The number of carbonyl (C=O) groups is 1. The maximum absolute atomic E-state index is 12.7. The number of hydrogen-bond donors (Lipinski definition) is 0. The summed E-state index contributed by atoms with van der Waals surface area (Å²) in [6, 6.07) is 0. The third kappa shape index (κ3) is 11.5. The molecule has 0 radical (unpaired) electrons. The second-order valence-electron chi connectivity index (χ2n) is 6.19. The Kier molecular flexibility index (Phi) is 9.43. The number of esters is 1. The fraction of sp³-hybridized carbons (Fsp3) is 0.933. The molecule has 0 fully saturated rings. The molecule has 0 aliphatic heterocycles. The smallest absolute Gasteiger partial charge is 0.319 e. The van der Waals surface area contributed by atoms with Crippen molar-refractivity contribution < 1.29 is 18.3 Å². The van der Waals surface area contributed by atoms with Gasteiger partial charge in [-0.2, -0.15) is 0 Å². The molecule has 0 saturated carbocycles. The van der Waals surface area contributed by atoms with E-state index in [0.717, 1.165) is 13.3 Å². The molecule has 2 nitrogen and oxygen atoms in total. The molecule has 0 rings (SSSR count). The Hall–Kier alpha value is -0.320. The van der Waals surface area contributed by atoms with Crippen LogP contribution in [0.3, 0.4) is 0 Å². The van der Waals surface area contributed by atoms with Crippen LogP contribution >= 0.6 is 11.8 Å². The van der Waals surface area contributed by atoms with Gasteiger partial charge in [-0.05, 0) is 37.4 Å². The molecular weight excluding hydrogens is 282 g/mol. The largest absolute Gasteiger partial charge is 0.465 e. The number of alkyl halides is 2. The summed E-state index contributed by atoms with van der Waals surface area (Å²) in [6.45, 7) is 9.41. The molecule has 0 aliphatic rings. The Bertz CT molecular complexity index is 276. The van der Waals surface area contributed by atoms with Gasteiger partial charge < -0.3 is 4.74 Å². The Morgan fingerprint density at radius 2 is 1.80 bits per heavy atom. The lowest BCUT2D eigenvalue weighted by Crippen LogP contribution is -2.24. The molecule has 20 heavy (non-hydrogen) atoms. The zero-order chi connectivity index (χ0) is 15.8. The highest BCUT2D eigenvalue weighted by Gasteiger charge is 2.24. The molecule has 0 bridgehead atoms. The second kappa shape index (κ2) is 9.59. The van der Waals surface area contributed by atoms with E-state index in [1.54, 1.807) is 0 Å². The van der Waals surface area contributed by atoms with E-state index in [1.165, 1.54) is 11.8 Å². The number of carbonyl (C=O) groups excluding carboxylic acids is 1. The molecule has 1 unspecified atom stereocenters. The van der Waals surface area contributed by atoms with Crippen molar-refractivity contribution in [2.75, 3.05) is 12.4 Å². The van der Waals surface area contributed by atoms with Gasteiger partial charge in [-0.15, -0.1) is 11.8 Å². The average Bonchev–Trinajstić information content (AvgIpc) is 2.28. The first kappa shape index (κ1) is 19.7. The van der Waals surface area contributed by atoms with Crippen LogP contribution in [-0.2, 0) is 9.53 Å². The molecule has 0 aromatic heterocycles. The van der Waals surface area contributed by atoms with Crippen molar-refractivity contribution >= 4 is 17.7 Å². The number of rotatable bonds is 10. The van der Waals surface area contributed by atoms with Crippen LogP contribution in [0, 0.1) is 11.8 Å². The molecule has 0 aromatic carbocycles. The van der Waals surface area contributed by atoms with Crippen LogP contribution in [0.15, 0.2) is 0 Å². The van der Waals surface area contributed by atoms with Crippen molar-refractivity contribution in [1.82, 2.24) is 0 Å². The maximum atomic E-state index is 12.7. The third-order valence-electron chi connectivity index (χ3n) is 2.59. The molecule has 5 heteroatoms. The van der Waals surface area contributed by atoms with Crippen molar-refractivity contribution in [2.45, 2.75) is 65.1 Å². The summed E-state index contributed by atoms with van der Waals surface area (Å²) in [4.78, 5) is 12.0. The summed E-state index contributed by atoms with van der Waals surface area (Å²) in [5.74, 6) is -1.57. The van der Waals surface area contributed by atoms with Crippen LogP contribution in [0.2, 0.25) is 0 Å². The minimum Gasteiger partial charge on any atom is -0.465 e. The molecule has 0 aliphatic carbocycles. The fourth-order valence-electron chi connectivity index (χ4n) is 1.61. The summed E-state index contributed by atoms with van der Waals surface area (Å²) in [6.07, 6.45) is 1.01.